The molecule has 1 unspecified atom stereocenters. The van der Waals surface area contributed by atoms with Gasteiger partial charge in [0.1, 0.15) is 0 Å². The number of morpholine rings is 1. The van der Waals surface area contributed by atoms with Crippen molar-refractivity contribution in [2.24, 2.45) is 10.9 Å². The first-order chi connectivity index (χ1) is 9.33. The highest BCUT2D eigenvalue weighted by Gasteiger charge is 2.35. The highest BCUT2D eigenvalue weighted by atomic mass is 32.2. The van der Waals surface area contributed by atoms with Gasteiger partial charge in [-0.25, -0.2) is 0 Å². The maximum Gasteiger partial charge on any atom is 0.224 e. The van der Waals surface area contributed by atoms with E-state index in [4.69, 9.17) is 4.74 Å². The lowest BCUT2D eigenvalue weighted by atomic mass is 10.3. The molecule has 19 heavy (non-hydrogen) atoms. The van der Waals surface area contributed by atoms with Crippen molar-refractivity contribution in [2.75, 3.05) is 39.4 Å². The molecular weight excluding hydrogens is 262 g/mol. The van der Waals surface area contributed by atoms with E-state index in [1.54, 1.807) is 0 Å². The third kappa shape index (κ3) is 3.63. The maximum atomic E-state index is 11.9. The summed E-state index contributed by atoms with van der Waals surface area (Å²) in [5.41, 5.74) is 0. The Morgan fingerprint density at radius 2 is 2.21 bits per heavy atom. The first kappa shape index (κ1) is 13.2. The highest BCUT2D eigenvalue weighted by molar-refractivity contribution is 8.14. The van der Waals surface area contributed by atoms with Crippen LogP contribution in [0.5, 0.6) is 0 Å². The zero-order chi connectivity index (χ0) is 13.1. The van der Waals surface area contributed by atoms with Crippen LogP contribution in [0.3, 0.4) is 0 Å². The van der Waals surface area contributed by atoms with E-state index in [-0.39, 0.29) is 5.91 Å². The molecule has 1 saturated heterocycles. The van der Waals surface area contributed by atoms with E-state index in [1.807, 2.05) is 16.7 Å². The average molecular weight is 283 g/mol. The zero-order valence-electron chi connectivity index (χ0n) is 11.1. The number of hydrogen-bond acceptors (Lipinski definition) is 5. The molecule has 0 aromatic heterocycles. The molecule has 1 saturated carbocycles. The van der Waals surface area contributed by atoms with Gasteiger partial charge in [0.25, 0.3) is 0 Å². The molecule has 0 radical (unpaired) electrons. The van der Waals surface area contributed by atoms with E-state index in [1.165, 1.54) is 12.8 Å². The van der Waals surface area contributed by atoms with Gasteiger partial charge in [0, 0.05) is 31.3 Å². The summed E-state index contributed by atoms with van der Waals surface area (Å²) in [6.45, 7) is 4.46. The number of nitrogens with zero attached hydrogens (tertiary/aromatic N) is 2. The monoisotopic (exact) mass is 283 g/mol. The van der Waals surface area contributed by atoms with Crippen molar-refractivity contribution >= 4 is 22.8 Å². The number of amides is 1. The molecule has 0 spiro atoms. The maximum absolute atomic E-state index is 11.9. The van der Waals surface area contributed by atoms with Gasteiger partial charge < -0.3 is 15.0 Å². The number of ether oxygens (including phenoxy) is 1. The van der Waals surface area contributed by atoms with Crippen LogP contribution in [0.4, 0.5) is 0 Å². The fourth-order valence-electron chi connectivity index (χ4n) is 2.45. The van der Waals surface area contributed by atoms with Crippen LogP contribution in [0.2, 0.25) is 0 Å². The number of thioether (sulfide) groups is 1. The van der Waals surface area contributed by atoms with E-state index in [2.05, 4.69) is 10.3 Å². The van der Waals surface area contributed by atoms with Crippen molar-refractivity contribution in [3.8, 4) is 0 Å². The van der Waals surface area contributed by atoms with E-state index >= 15 is 0 Å². The molecule has 2 fully saturated rings. The Balaban J connectivity index is 1.33. The molecule has 2 heterocycles. The summed E-state index contributed by atoms with van der Waals surface area (Å²) in [6, 6.07) is 0. The Morgan fingerprint density at radius 1 is 1.42 bits per heavy atom. The summed E-state index contributed by atoms with van der Waals surface area (Å²) in [6.07, 6.45) is 3.29. The van der Waals surface area contributed by atoms with Crippen LogP contribution in [0.25, 0.3) is 0 Å². The lowest BCUT2D eigenvalue weighted by molar-refractivity contribution is -0.135. The van der Waals surface area contributed by atoms with Gasteiger partial charge >= 0.3 is 0 Å². The third-order valence-corrected chi connectivity index (χ3v) is 5.14. The first-order valence-electron chi connectivity index (χ1n) is 7.13. The molecule has 2 aliphatic heterocycles. The van der Waals surface area contributed by atoms with Crippen molar-refractivity contribution in [1.82, 2.24) is 10.2 Å². The molecule has 3 rings (SSSR count). The lowest BCUT2D eigenvalue weighted by Crippen LogP contribution is -2.41. The van der Waals surface area contributed by atoms with Gasteiger partial charge in [-0.15, -0.1) is 0 Å². The van der Waals surface area contributed by atoms with Gasteiger partial charge in [-0.2, -0.15) is 0 Å². The molecule has 6 heteroatoms. The van der Waals surface area contributed by atoms with Crippen molar-refractivity contribution < 1.29 is 9.53 Å². The minimum atomic E-state index is 0.220. The Kier molecular flexibility index (Phi) is 4.28. The van der Waals surface area contributed by atoms with Crippen molar-refractivity contribution in [3.63, 3.8) is 0 Å². The summed E-state index contributed by atoms with van der Waals surface area (Å²) in [5, 5.41) is 5.02. The van der Waals surface area contributed by atoms with Gasteiger partial charge in [-0.1, -0.05) is 11.8 Å². The fourth-order valence-corrected chi connectivity index (χ4v) is 3.68. The smallest absolute Gasteiger partial charge is 0.224 e. The van der Waals surface area contributed by atoms with Gasteiger partial charge in [0.2, 0.25) is 5.91 Å². The predicted octanol–water partition coefficient (Wildman–Crippen LogP) is 0.706. The summed E-state index contributed by atoms with van der Waals surface area (Å²) in [4.78, 5) is 18.3. The van der Waals surface area contributed by atoms with E-state index in [9.17, 15) is 4.79 Å². The third-order valence-electron chi connectivity index (χ3n) is 3.80. The quantitative estimate of drug-likeness (QED) is 0.825. The summed E-state index contributed by atoms with van der Waals surface area (Å²) < 4.78 is 5.24. The largest absolute Gasteiger partial charge is 0.378 e. The summed E-state index contributed by atoms with van der Waals surface area (Å²) in [5.74, 6) is 1.11. The second-order valence-electron chi connectivity index (χ2n) is 5.31. The average Bonchev–Trinajstić information content (AvgIpc) is 3.20. The topological polar surface area (TPSA) is 53.9 Å². The number of rotatable bonds is 4. The Hall–Kier alpha value is -0.750. The van der Waals surface area contributed by atoms with Crippen LogP contribution in [0.1, 0.15) is 19.3 Å². The van der Waals surface area contributed by atoms with Gasteiger partial charge in [0.15, 0.2) is 5.17 Å². The molecule has 0 aromatic carbocycles. The molecule has 0 aromatic rings. The van der Waals surface area contributed by atoms with E-state index in [0.29, 0.717) is 31.4 Å². The normalized spacial score (nSPS) is 27.3. The summed E-state index contributed by atoms with van der Waals surface area (Å²) in [7, 11) is 0. The minimum absolute atomic E-state index is 0.220. The molecule has 3 aliphatic rings. The van der Waals surface area contributed by atoms with Crippen molar-refractivity contribution in [3.05, 3.63) is 0 Å². The molecule has 1 atom stereocenters. The molecule has 5 nitrogen and oxygen atoms in total. The van der Waals surface area contributed by atoms with Crippen LogP contribution in [-0.4, -0.2) is 60.6 Å². The van der Waals surface area contributed by atoms with Crippen LogP contribution >= 0.6 is 11.8 Å². The Labute approximate surface area is 118 Å². The number of carbonyl (C=O) groups excluding carboxylic acids is 1. The fraction of sp³-hybridized carbons (Fsp3) is 0.846. The molecule has 1 amide bonds. The zero-order valence-corrected chi connectivity index (χ0v) is 12.0. The molecule has 1 aliphatic carbocycles. The summed E-state index contributed by atoms with van der Waals surface area (Å²) >= 11 is 1.86. The van der Waals surface area contributed by atoms with Crippen molar-refractivity contribution in [2.45, 2.75) is 24.5 Å². The number of amidine groups is 1. The van der Waals surface area contributed by atoms with Crippen LogP contribution in [0.15, 0.2) is 4.99 Å². The van der Waals surface area contributed by atoms with Gasteiger partial charge in [-0.05, 0) is 18.8 Å². The van der Waals surface area contributed by atoms with E-state index in [0.717, 1.165) is 30.7 Å². The Morgan fingerprint density at radius 3 is 2.95 bits per heavy atom. The van der Waals surface area contributed by atoms with Crippen LogP contribution < -0.4 is 5.32 Å². The lowest BCUT2D eigenvalue weighted by Gasteiger charge is -2.26. The predicted molar refractivity (Wildman–Crippen MR) is 76.4 cm³/mol. The minimum Gasteiger partial charge on any atom is -0.378 e. The standard InChI is InChI=1S/C13H21N3O2S/c17-12(16-5-7-18-8-6-16)3-4-14-13-15-9-11(19-13)10-1-2-10/h10-11H,1-9H2,(H,14,15). The number of nitrogens with one attached hydrogen (secondary N) is 1. The Bertz CT molecular complexity index is 365. The van der Waals surface area contributed by atoms with Crippen LogP contribution in [0, 0.1) is 5.92 Å². The van der Waals surface area contributed by atoms with E-state index < -0.39 is 0 Å². The second-order valence-corrected chi connectivity index (χ2v) is 6.54. The van der Waals surface area contributed by atoms with Gasteiger partial charge in [-0.3, -0.25) is 9.79 Å². The second kappa shape index (κ2) is 6.13. The highest BCUT2D eigenvalue weighted by Crippen LogP contribution is 2.41. The SMILES string of the molecule is O=C(CCNC1=NCC(C2CC2)S1)N1CCOCC1. The number of hydrogen-bond donors (Lipinski definition) is 1. The number of carbonyl (C=O) groups is 1. The molecule has 106 valence electrons. The molecule has 0 bridgehead atoms. The molecular formula is C13H21N3O2S. The first-order valence-corrected chi connectivity index (χ1v) is 8.01. The number of aliphatic imine (C=N–C) groups is 1. The van der Waals surface area contributed by atoms with Gasteiger partial charge in [0.05, 0.1) is 19.8 Å². The van der Waals surface area contributed by atoms with Crippen molar-refractivity contribution in [1.29, 1.82) is 0 Å². The van der Waals surface area contributed by atoms with Crippen LogP contribution in [-0.2, 0) is 9.53 Å². The molecule has 1 N–H and O–H groups in total.